The van der Waals surface area contributed by atoms with Crippen molar-refractivity contribution in [2.24, 2.45) is 5.73 Å². The number of H-pyrrole nitrogens is 1. The number of anilines is 1. The summed E-state index contributed by atoms with van der Waals surface area (Å²) >= 11 is 0. The number of methoxy groups -OCH3 is 1. The lowest BCUT2D eigenvalue weighted by molar-refractivity contribution is 0.0600. The van der Waals surface area contributed by atoms with Gasteiger partial charge in [0.2, 0.25) is 5.95 Å². The number of imidazole rings is 1. The summed E-state index contributed by atoms with van der Waals surface area (Å²) in [4.78, 5) is 35.4. The summed E-state index contributed by atoms with van der Waals surface area (Å²) in [6.07, 6.45) is 1.08. The van der Waals surface area contributed by atoms with Crippen LogP contribution in [0.2, 0.25) is 0 Å². The van der Waals surface area contributed by atoms with Gasteiger partial charge in [-0.2, -0.15) is 0 Å². The Kier molecular flexibility index (Phi) is 6.55. The number of para-hydroxylation sites is 1. The molecule has 1 aliphatic rings. The Morgan fingerprint density at radius 3 is 2.66 bits per heavy atom. The number of nitrogens with two attached hydrogens (primary N) is 1. The van der Waals surface area contributed by atoms with Crippen LogP contribution < -0.4 is 15.4 Å². The maximum Gasteiger partial charge on any atom is 0.410 e. The van der Waals surface area contributed by atoms with Crippen molar-refractivity contribution in [3.63, 3.8) is 0 Å². The molecule has 0 unspecified atom stereocenters. The van der Waals surface area contributed by atoms with Crippen LogP contribution in [0.1, 0.15) is 22.3 Å². The number of primary amides is 1. The smallest absolute Gasteiger partial charge is 0.410 e. The highest BCUT2D eigenvalue weighted by atomic mass is 16.5. The van der Waals surface area contributed by atoms with Crippen LogP contribution in [0.15, 0.2) is 42.5 Å². The van der Waals surface area contributed by atoms with E-state index in [1.165, 1.54) is 12.7 Å². The number of nitrogens with one attached hydrogen (secondary N) is 1. The quantitative estimate of drug-likeness (QED) is 0.570. The minimum Gasteiger partial charge on any atom is -0.465 e. The van der Waals surface area contributed by atoms with Crippen molar-refractivity contribution in [1.82, 2.24) is 14.9 Å². The van der Waals surface area contributed by atoms with E-state index in [2.05, 4.69) is 19.8 Å². The number of amides is 1. The number of carbonyl (C=O) groups excluding carboxylic acids is 2. The van der Waals surface area contributed by atoms with Crippen LogP contribution in [0.5, 0.6) is 5.75 Å². The molecule has 4 rings (SSSR count). The van der Waals surface area contributed by atoms with Gasteiger partial charge in [0.15, 0.2) is 5.75 Å². The van der Waals surface area contributed by atoms with Crippen LogP contribution in [0, 0.1) is 0 Å². The molecule has 3 N–H and O–H groups in total. The summed E-state index contributed by atoms with van der Waals surface area (Å²) in [6, 6.07) is 13.0. The minimum absolute atomic E-state index is 0.317. The van der Waals surface area contributed by atoms with Crippen molar-refractivity contribution in [2.75, 3.05) is 44.7 Å². The number of aromatic amines is 1. The van der Waals surface area contributed by atoms with Crippen molar-refractivity contribution in [3.05, 3.63) is 53.6 Å². The van der Waals surface area contributed by atoms with Crippen LogP contribution >= 0.6 is 0 Å². The zero-order valence-corrected chi connectivity index (χ0v) is 18.0. The molecular formula is C23H27N5O4. The zero-order valence-electron chi connectivity index (χ0n) is 18.0. The van der Waals surface area contributed by atoms with Crippen LogP contribution in [0.25, 0.3) is 11.0 Å². The summed E-state index contributed by atoms with van der Waals surface area (Å²) < 4.78 is 9.82. The first-order valence-corrected chi connectivity index (χ1v) is 10.6. The number of fused-ring (bicyclic) bond motifs is 1. The predicted octanol–water partition coefficient (Wildman–Crippen LogP) is 2.56. The van der Waals surface area contributed by atoms with E-state index in [0.717, 1.165) is 57.0 Å². The lowest BCUT2D eigenvalue weighted by Crippen LogP contribution is -2.32. The monoisotopic (exact) mass is 437 g/mol. The average molecular weight is 438 g/mol. The molecule has 1 amide bonds. The Morgan fingerprint density at radius 1 is 1.09 bits per heavy atom. The molecular weight excluding hydrogens is 410 g/mol. The van der Waals surface area contributed by atoms with Gasteiger partial charge in [0.25, 0.3) is 0 Å². The Hall–Kier alpha value is -3.59. The van der Waals surface area contributed by atoms with E-state index in [4.69, 9.17) is 15.2 Å². The molecule has 0 bridgehead atoms. The van der Waals surface area contributed by atoms with E-state index in [0.29, 0.717) is 16.8 Å². The molecule has 0 spiro atoms. The Balaban J connectivity index is 1.36. The van der Waals surface area contributed by atoms with Crippen molar-refractivity contribution < 1.29 is 19.1 Å². The fourth-order valence-electron chi connectivity index (χ4n) is 3.95. The van der Waals surface area contributed by atoms with Gasteiger partial charge < -0.3 is 30.0 Å². The van der Waals surface area contributed by atoms with Gasteiger partial charge >= 0.3 is 12.1 Å². The largest absolute Gasteiger partial charge is 0.465 e. The molecule has 0 atom stereocenters. The first kappa shape index (κ1) is 21.6. The third-order valence-electron chi connectivity index (χ3n) is 5.65. The second kappa shape index (κ2) is 9.69. The summed E-state index contributed by atoms with van der Waals surface area (Å²) in [5, 5.41) is 0. The first-order valence-electron chi connectivity index (χ1n) is 10.6. The van der Waals surface area contributed by atoms with E-state index in [9.17, 15) is 9.59 Å². The third-order valence-corrected chi connectivity index (χ3v) is 5.65. The molecule has 1 aromatic heterocycles. The molecule has 1 aliphatic heterocycles. The normalized spacial score (nSPS) is 14.8. The van der Waals surface area contributed by atoms with Crippen LogP contribution in [0.4, 0.5) is 10.7 Å². The van der Waals surface area contributed by atoms with Gasteiger partial charge in [0.05, 0.1) is 18.2 Å². The van der Waals surface area contributed by atoms with Crippen molar-refractivity contribution in [3.8, 4) is 5.75 Å². The van der Waals surface area contributed by atoms with Crippen LogP contribution in [0.3, 0.4) is 0 Å². The standard InChI is InChI=1S/C23H27N5O4/c1-31-21(29)17-8-6-16(7-9-17)10-13-27-11-3-12-28(15-14-27)23-25-18-4-2-5-19(20(18)26-23)32-22(24)30/h2,4-9H,3,10-15H2,1H3,(H2,24,30)(H,25,26). The summed E-state index contributed by atoms with van der Waals surface area (Å²) in [5.41, 5.74) is 8.32. The van der Waals surface area contributed by atoms with E-state index in [-0.39, 0.29) is 5.97 Å². The topological polar surface area (TPSA) is 114 Å². The molecule has 0 saturated carbocycles. The highest BCUT2D eigenvalue weighted by molar-refractivity contribution is 5.89. The molecule has 9 nitrogen and oxygen atoms in total. The molecule has 0 aliphatic carbocycles. The van der Waals surface area contributed by atoms with E-state index >= 15 is 0 Å². The lowest BCUT2D eigenvalue weighted by Gasteiger charge is -2.21. The fraction of sp³-hybridized carbons (Fsp3) is 0.348. The lowest BCUT2D eigenvalue weighted by atomic mass is 10.1. The number of hydrogen-bond acceptors (Lipinski definition) is 7. The van der Waals surface area contributed by atoms with Crippen molar-refractivity contribution in [2.45, 2.75) is 12.8 Å². The van der Waals surface area contributed by atoms with Crippen LogP contribution in [-0.2, 0) is 11.2 Å². The third kappa shape index (κ3) is 5.00. The molecule has 3 aromatic rings. The number of aromatic nitrogens is 2. The summed E-state index contributed by atoms with van der Waals surface area (Å²) in [6.45, 7) is 4.60. The van der Waals surface area contributed by atoms with Gasteiger partial charge in [0, 0.05) is 26.2 Å². The molecule has 2 heterocycles. The molecule has 1 saturated heterocycles. The molecule has 0 radical (unpaired) electrons. The average Bonchev–Trinajstić information content (AvgIpc) is 3.10. The highest BCUT2D eigenvalue weighted by Crippen LogP contribution is 2.26. The predicted molar refractivity (Wildman–Crippen MR) is 121 cm³/mol. The number of ether oxygens (including phenoxy) is 2. The van der Waals surface area contributed by atoms with Gasteiger partial charge in [-0.05, 0) is 49.2 Å². The second-order valence-corrected chi connectivity index (χ2v) is 7.75. The Morgan fingerprint density at radius 2 is 1.91 bits per heavy atom. The maximum atomic E-state index is 11.6. The fourth-order valence-corrected chi connectivity index (χ4v) is 3.95. The number of hydrogen-bond donors (Lipinski definition) is 2. The van der Waals surface area contributed by atoms with Gasteiger partial charge in [-0.15, -0.1) is 0 Å². The van der Waals surface area contributed by atoms with Gasteiger partial charge in [-0.25, -0.2) is 14.6 Å². The second-order valence-electron chi connectivity index (χ2n) is 7.75. The van der Waals surface area contributed by atoms with Crippen molar-refractivity contribution >= 4 is 29.0 Å². The molecule has 1 fully saturated rings. The maximum absolute atomic E-state index is 11.6. The Bertz CT molecular complexity index is 1100. The number of benzene rings is 2. The molecule has 9 heteroatoms. The molecule has 2 aromatic carbocycles. The summed E-state index contributed by atoms with van der Waals surface area (Å²) in [7, 11) is 1.39. The molecule has 32 heavy (non-hydrogen) atoms. The first-order chi connectivity index (χ1) is 15.5. The number of nitrogens with zero attached hydrogens (tertiary/aromatic N) is 3. The number of carbonyl (C=O) groups is 2. The number of esters is 1. The van der Waals surface area contributed by atoms with Crippen molar-refractivity contribution in [1.29, 1.82) is 0 Å². The molecule has 168 valence electrons. The van der Waals surface area contributed by atoms with Gasteiger partial charge in [0.1, 0.15) is 5.52 Å². The van der Waals surface area contributed by atoms with Crippen LogP contribution in [-0.4, -0.2) is 66.8 Å². The summed E-state index contributed by atoms with van der Waals surface area (Å²) in [5.74, 6) is 0.802. The SMILES string of the molecule is COC(=O)c1ccc(CCN2CCCN(c3nc4c(OC(N)=O)cccc4[nH]3)CC2)cc1. The Labute approximate surface area is 186 Å². The minimum atomic E-state index is -0.854. The van der Waals surface area contributed by atoms with E-state index in [1.54, 1.807) is 12.1 Å². The number of rotatable bonds is 6. The highest BCUT2D eigenvalue weighted by Gasteiger charge is 2.19. The zero-order chi connectivity index (χ0) is 22.5. The van der Waals surface area contributed by atoms with Gasteiger partial charge in [-0.1, -0.05) is 18.2 Å². The van der Waals surface area contributed by atoms with E-state index in [1.807, 2.05) is 30.3 Å². The van der Waals surface area contributed by atoms with Gasteiger partial charge in [-0.3, -0.25) is 0 Å². The van der Waals surface area contributed by atoms with E-state index < -0.39 is 6.09 Å².